The Morgan fingerprint density at radius 1 is 1.50 bits per heavy atom. The van der Waals surface area contributed by atoms with E-state index in [-0.39, 0.29) is 11.6 Å². The van der Waals surface area contributed by atoms with Gasteiger partial charge in [-0.2, -0.15) is 0 Å². The first-order chi connectivity index (χ1) is 8.31. The van der Waals surface area contributed by atoms with Gasteiger partial charge in [-0.15, -0.1) is 0 Å². The van der Waals surface area contributed by atoms with Crippen LogP contribution in [0.1, 0.15) is 12.8 Å². The van der Waals surface area contributed by atoms with Crippen molar-refractivity contribution < 1.29 is 23.7 Å². The van der Waals surface area contributed by atoms with Gasteiger partial charge in [-0.3, -0.25) is 5.41 Å². The number of halogens is 2. The van der Waals surface area contributed by atoms with E-state index in [1.165, 1.54) is 0 Å². The Balaban J connectivity index is 2.59. The number of hydrogen-bond acceptors (Lipinski definition) is 5. The first-order valence-electron chi connectivity index (χ1n) is 5.53. The molecule has 0 bridgehead atoms. The highest BCUT2D eigenvalue weighted by molar-refractivity contribution is 8.14. The number of ether oxygens (including phenoxy) is 1. The predicted octanol–water partition coefficient (Wildman–Crippen LogP) is 0.708. The highest BCUT2D eigenvalue weighted by Gasteiger charge is 2.38. The lowest BCUT2D eigenvalue weighted by Crippen LogP contribution is -2.48. The molecule has 1 aliphatic rings. The predicted molar refractivity (Wildman–Crippen MR) is 64.9 cm³/mol. The van der Waals surface area contributed by atoms with Crippen LogP contribution in [0.4, 0.5) is 8.78 Å². The smallest absolute Gasteiger partial charge is 0.241 e. The lowest BCUT2D eigenvalue weighted by Gasteiger charge is -2.37. The SMILES string of the molecule is CN(C)C(=N)SC1CC(O)C(O)C(CC(F)F)O1. The van der Waals surface area contributed by atoms with Crippen LogP contribution in [0.5, 0.6) is 0 Å². The third kappa shape index (κ3) is 4.34. The number of nitrogens with zero attached hydrogens (tertiary/aromatic N) is 1. The molecular formula is C10H18F2N2O3S. The molecule has 1 heterocycles. The van der Waals surface area contributed by atoms with E-state index in [9.17, 15) is 19.0 Å². The summed E-state index contributed by atoms with van der Waals surface area (Å²) in [6.45, 7) is 0. The van der Waals surface area contributed by atoms with Gasteiger partial charge in [-0.05, 0) is 0 Å². The van der Waals surface area contributed by atoms with Crippen molar-refractivity contribution in [3.63, 3.8) is 0 Å². The monoisotopic (exact) mass is 284 g/mol. The second-order valence-corrected chi connectivity index (χ2v) is 5.49. The normalized spacial score (nSPS) is 32.6. The van der Waals surface area contributed by atoms with E-state index < -0.39 is 36.6 Å². The van der Waals surface area contributed by atoms with E-state index in [2.05, 4.69) is 0 Å². The van der Waals surface area contributed by atoms with Gasteiger partial charge in [0.2, 0.25) is 6.43 Å². The first kappa shape index (κ1) is 15.6. The lowest BCUT2D eigenvalue weighted by molar-refractivity contribution is -0.156. The standard InChI is InChI=1S/C10H18F2N2O3S/c1-14(2)10(13)18-8-3-5(15)9(16)6(17-8)4-7(11)12/h5-9,13,15-16H,3-4H2,1-2H3. The van der Waals surface area contributed by atoms with Gasteiger partial charge in [0.25, 0.3) is 0 Å². The summed E-state index contributed by atoms with van der Waals surface area (Å²) in [6, 6.07) is 0. The van der Waals surface area contributed by atoms with E-state index in [0.29, 0.717) is 0 Å². The van der Waals surface area contributed by atoms with Gasteiger partial charge in [0, 0.05) is 26.9 Å². The molecular weight excluding hydrogens is 266 g/mol. The second kappa shape index (κ2) is 6.65. The second-order valence-electron chi connectivity index (χ2n) is 4.34. The Bertz CT molecular complexity index is 294. The van der Waals surface area contributed by atoms with E-state index in [1.807, 2.05) is 0 Å². The van der Waals surface area contributed by atoms with Gasteiger partial charge >= 0.3 is 0 Å². The summed E-state index contributed by atoms with van der Waals surface area (Å²) in [7, 11) is 3.36. The molecule has 0 radical (unpaired) electrons. The largest absolute Gasteiger partial charge is 0.390 e. The maximum absolute atomic E-state index is 12.3. The van der Waals surface area contributed by atoms with Crippen molar-refractivity contribution in [1.82, 2.24) is 4.90 Å². The molecule has 1 saturated heterocycles. The van der Waals surface area contributed by atoms with Crippen LogP contribution in [-0.4, -0.2) is 64.5 Å². The molecule has 0 aliphatic carbocycles. The number of aliphatic hydroxyl groups is 2. The number of amidine groups is 1. The summed E-state index contributed by atoms with van der Waals surface area (Å²) >= 11 is 1.04. The fourth-order valence-electron chi connectivity index (χ4n) is 1.59. The number of alkyl halides is 2. The minimum Gasteiger partial charge on any atom is -0.390 e. The topological polar surface area (TPSA) is 76.8 Å². The quantitative estimate of drug-likeness (QED) is 0.525. The van der Waals surface area contributed by atoms with Crippen LogP contribution < -0.4 is 0 Å². The minimum absolute atomic E-state index is 0.113. The minimum atomic E-state index is -2.60. The first-order valence-corrected chi connectivity index (χ1v) is 6.41. The van der Waals surface area contributed by atoms with E-state index in [1.54, 1.807) is 19.0 Å². The average molecular weight is 284 g/mol. The van der Waals surface area contributed by atoms with Gasteiger partial charge in [0.15, 0.2) is 5.17 Å². The van der Waals surface area contributed by atoms with Crippen molar-refractivity contribution in [3.8, 4) is 0 Å². The van der Waals surface area contributed by atoms with Gasteiger partial charge < -0.3 is 19.8 Å². The van der Waals surface area contributed by atoms with Crippen LogP contribution in [0.25, 0.3) is 0 Å². The molecule has 1 fully saturated rings. The van der Waals surface area contributed by atoms with E-state index >= 15 is 0 Å². The molecule has 8 heteroatoms. The summed E-state index contributed by atoms with van der Waals surface area (Å²) in [6.07, 6.45) is -6.61. The van der Waals surface area contributed by atoms with Crippen molar-refractivity contribution in [2.24, 2.45) is 0 Å². The van der Waals surface area contributed by atoms with Gasteiger partial charge in [-0.1, -0.05) is 11.8 Å². The number of rotatable bonds is 3. The molecule has 1 aliphatic heterocycles. The Kier molecular flexibility index (Phi) is 5.77. The number of aliphatic hydroxyl groups excluding tert-OH is 2. The number of nitrogens with one attached hydrogen (secondary N) is 1. The maximum Gasteiger partial charge on any atom is 0.241 e. The Morgan fingerprint density at radius 2 is 2.11 bits per heavy atom. The molecule has 0 aromatic heterocycles. The molecule has 1 rings (SSSR count). The van der Waals surface area contributed by atoms with Crippen LogP contribution >= 0.6 is 11.8 Å². The highest BCUT2D eigenvalue weighted by Crippen LogP contribution is 2.31. The molecule has 106 valence electrons. The molecule has 18 heavy (non-hydrogen) atoms. The van der Waals surface area contributed by atoms with Gasteiger partial charge in [0.1, 0.15) is 11.5 Å². The van der Waals surface area contributed by atoms with E-state index in [0.717, 1.165) is 11.8 Å². The Hall–Kier alpha value is -0.440. The molecule has 3 N–H and O–H groups in total. The zero-order valence-corrected chi connectivity index (χ0v) is 11.0. The molecule has 0 aromatic rings. The van der Waals surface area contributed by atoms with Crippen molar-refractivity contribution in [3.05, 3.63) is 0 Å². The lowest BCUT2D eigenvalue weighted by atomic mass is 10.00. The molecule has 4 unspecified atom stereocenters. The molecule has 4 atom stereocenters. The number of hydrogen-bond donors (Lipinski definition) is 3. The average Bonchev–Trinajstić information content (AvgIpc) is 2.24. The number of thioether (sulfide) groups is 1. The third-order valence-electron chi connectivity index (χ3n) is 2.60. The molecule has 0 aromatic carbocycles. The maximum atomic E-state index is 12.3. The van der Waals surface area contributed by atoms with Gasteiger partial charge in [-0.25, -0.2) is 8.78 Å². The van der Waals surface area contributed by atoms with Crippen molar-refractivity contribution in [1.29, 1.82) is 5.41 Å². The molecule has 0 spiro atoms. The molecule has 5 nitrogen and oxygen atoms in total. The molecule has 0 amide bonds. The van der Waals surface area contributed by atoms with Crippen molar-refractivity contribution >= 4 is 16.9 Å². The van der Waals surface area contributed by atoms with E-state index in [4.69, 9.17) is 10.1 Å². The third-order valence-corrected chi connectivity index (χ3v) is 3.75. The van der Waals surface area contributed by atoms with Crippen LogP contribution in [0, 0.1) is 5.41 Å². The fourth-order valence-corrected chi connectivity index (χ4v) is 2.54. The Morgan fingerprint density at radius 3 is 2.61 bits per heavy atom. The summed E-state index contributed by atoms with van der Waals surface area (Å²) in [4.78, 5) is 1.55. The van der Waals surface area contributed by atoms with Crippen LogP contribution in [0.15, 0.2) is 0 Å². The zero-order valence-electron chi connectivity index (χ0n) is 10.2. The summed E-state index contributed by atoms with van der Waals surface area (Å²) < 4.78 is 29.9. The summed E-state index contributed by atoms with van der Waals surface area (Å²) in [5.41, 5.74) is -0.595. The highest BCUT2D eigenvalue weighted by atomic mass is 32.2. The summed E-state index contributed by atoms with van der Waals surface area (Å²) in [5.74, 6) is 0. The van der Waals surface area contributed by atoms with Gasteiger partial charge in [0.05, 0.1) is 12.2 Å². The fraction of sp³-hybridized carbons (Fsp3) is 0.900. The van der Waals surface area contributed by atoms with Crippen molar-refractivity contribution in [2.45, 2.75) is 43.0 Å². The van der Waals surface area contributed by atoms with Crippen molar-refractivity contribution in [2.75, 3.05) is 14.1 Å². The Labute approximate surface area is 109 Å². The van der Waals surface area contributed by atoms with Crippen LogP contribution in [0.2, 0.25) is 0 Å². The van der Waals surface area contributed by atoms with Crippen LogP contribution in [0.3, 0.4) is 0 Å². The van der Waals surface area contributed by atoms with Crippen LogP contribution in [-0.2, 0) is 4.74 Å². The zero-order chi connectivity index (χ0) is 13.9. The summed E-state index contributed by atoms with van der Waals surface area (Å²) in [5, 5.41) is 27.0. The molecule has 0 saturated carbocycles.